The first-order valence-corrected chi connectivity index (χ1v) is 15.6. The number of benzene rings is 1. The van der Waals surface area contributed by atoms with Crippen LogP contribution in [0, 0.1) is 0 Å². The van der Waals surface area contributed by atoms with Crippen LogP contribution in [0.2, 0.25) is 0 Å². The fourth-order valence-corrected chi connectivity index (χ4v) is 4.41. The number of esters is 3. The summed E-state index contributed by atoms with van der Waals surface area (Å²) in [7, 11) is 0. The monoisotopic (exact) mass is 702 g/mol. The predicted octanol–water partition coefficient (Wildman–Crippen LogP) is 2.59. The standard InChI is InChI=1S/C32H47FN2O14/c1-19-27(45-20(2)36)28(46-21(3)37)29(47-22(4)38)30(44-19)48-25-9-8-24(16-23(25)17-33)35-26(39)18-43-15-14-42-13-12-41-11-10-34-31(40)49-32(5,6)7/h8-9,16,19,27-30H,10-15,17-18H2,1-7H3,(H,34,40)(H,35,39)/t19-,27-,28+,29-,30-/m0/s1. The van der Waals surface area contributed by atoms with Crippen LogP contribution in [-0.4, -0.2) is 112 Å². The van der Waals surface area contributed by atoms with Crippen molar-refractivity contribution in [1.82, 2.24) is 5.32 Å². The van der Waals surface area contributed by atoms with E-state index in [1.54, 1.807) is 27.7 Å². The molecule has 0 bridgehead atoms. The van der Waals surface area contributed by atoms with E-state index in [-0.39, 0.29) is 56.6 Å². The summed E-state index contributed by atoms with van der Waals surface area (Å²) >= 11 is 0. The molecule has 49 heavy (non-hydrogen) atoms. The lowest BCUT2D eigenvalue weighted by molar-refractivity contribution is -0.280. The normalized spacial score (nSPS) is 20.4. The second kappa shape index (κ2) is 20.5. The lowest BCUT2D eigenvalue weighted by atomic mass is 9.98. The van der Waals surface area contributed by atoms with E-state index in [0.29, 0.717) is 6.61 Å². The largest absolute Gasteiger partial charge is 0.460 e. The molecule has 0 unspecified atom stereocenters. The molecular weight excluding hydrogens is 655 g/mol. The summed E-state index contributed by atoms with van der Waals surface area (Å²) in [5, 5.41) is 5.18. The van der Waals surface area contributed by atoms with Gasteiger partial charge in [0.25, 0.3) is 0 Å². The number of hydrogen-bond donors (Lipinski definition) is 2. The molecule has 0 saturated carbocycles. The van der Waals surface area contributed by atoms with Crippen molar-refractivity contribution < 1.29 is 71.0 Å². The number of anilines is 1. The van der Waals surface area contributed by atoms with Crippen LogP contribution < -0.4 is 15.4 Å². The first kappa shape index (κ1) is 41.1. The van der Waals surface area contributed by atoms with Crippen LogP contribution in [0.5, 0.6) is 5.75 Å². The van der Waals surface area contributed by atoms with Crippen LogP contribution in [0.1, 0.15) is 54.0 Å². The van der Waals surface area contributed by atoms with Crippen molar-refractivity contribution in [1.29, 1.82) is 0 Å². The minimum Gasteiger partial charge on any atom is -0.460 e. The first-order chi connectivity index (χ1) is 23.1. The van der Waals surface area contributed by atoms with E-state index in [1.807, 2.05) is 0 Å². The second-order valence-corrected chi connectivity index (χ2v) is 11.8. The Hall–Kier alpha value is -4.06. The third-order valence-electron chi connectivity index (χ3n) is 6.26. The molecule has 0 aliphatic carbocycles. The second-order valence-electron chi connectivity index (χ2n) is 11.8. The summed E-state index contributed by atoms with van der Waals surface area (Å²) in [6.45, 7) is 10.5. The van der Waals surface area contributed by atoms with Gasteiger partial charge in [0.1, 0.15) is 24.6 Å². The van der Waals surface area contributed by atoms with Crippen LogP contribution in [0.4, 0.5) is 14.9 Å². The number of amides is 2. The van der Waals surface area contributed by atoms with Crippen molar-refractivity contribution in [3.63, 3.8) is 0 Å². The number of hydrogen-bond acceptors (Lipinski definition) is 14. The molecule has 1 saturated heterocycles. The minimum atomic E-state index is -1.39. The van der Waals surface area contributed by atoms with Gasteiger partial charge in [-0.1, -0.05) is 0 Å². The van der Waals surface area contributed by atoms with Gasteiger partial charge in [0.2, 0.25) is 18.3 Å². The molecule has 2 amide bonds. The number of alkyl carbamates (subject to hydrolysis) is 1. The Bertz CT molecular complexity index is 1260. The molecule has 16 nitrogen and oxygen atoms in total. The van der Waals surface area contributed by atoms with Gasteiger partial charge >= 0.3 is 24.0 Å². The SMILES string of the molecule is CC(=O)O[C@H]1[C@H](OC(C)=O)[C@H](Oc2ccc(NC(=O)COCCOCCOCCNC(=O)OC(C)(C)C)cc2CF)O[C@@H](C)[C@@H]1OC(C)=O. The molecular formula is C32H47FN2O14. The van der Waals surface area contributed by atoms with Crippen molar-refractivity contribution in [2.45, 2.75) is 91.4 Å². The topological polar surface area (TPSA) is 192 Å². The zero-order valence-corrected chi connectivity index (χ0v) is 28.9. The smallest absolute Gasteiger partial charge is 0.407 e. The number of nitrogens with one attached hydrogen (secondary N) is 2. The molecule has 0 aromatic heterocycles. The van der Waals surface area contributed by atoms with Crippen molar-refractivity contribution in [3.05, 3.63) is 23.8 Å². The van der Waals surface area contributed by atoms with Crippen LogP contribution in [0.15, 0.2) is 18.2 Å². The van der Waals surface area contributed by atoms with Gasteiger partial charge < -0.3 is 53.3 Å². The van der Waals surface area contributed by atoms with E-state index < -0.39 is 72.9 Å². The highest BCUT2D eigenvalue weighted by Gasteiger charge is 2.51. The third-order valence-corrected chi connectivity index (χ3v) is 6.26. The Balaban J connectivity index is 1.83. The number of carbonyl (C=O) groups is 5. The highest BCUT2D eigenvalue weighted by atomic mass is 19.1. The number of carbonyl (C=O) groups excluding carboxylic acids is 5. The number of rotatable bonds is 18. The highest BCUT2D eigenvalue weighted by molar-refractivity contribution is 5.91. The molecule has 5 atom stereocenters. The summed E-state index contributed by atoms with van der Waals surface area (Å²) in [6.07, 6.45) is -6.58. The van der Waals surface area contributed by atoms with E-state index >= 15 is 0 Å². The molecule has 2 rings (SSSR count). The van der Waals surface area contributed by atoms with Crippen LogP contribution in [0.3, 0.4) is 0 Å². The van der Waals surface area contributed by atoms with Crippen LogP contribution in [-0.2, 0) is 63.7 Å². The molecule has 1 aliphatic heterocycles. The zero-order chi connectivity index (χ0) is 36.6. The Morgan fingerprint density at radius 2 is 1.39 bits per heavy atom. The van der Waals surface area contributed by atoms with Gasteiger partial charge in [-0.2, -0.15) is 0 Å². The van der Waals surface area contributed by atoms with Gasteiger partial charge in [-0.3, -0.25) is 19.2 Å². The van der Waals surface area contributed by atoms with E-state index in [9.17, 15) is 28.4 Å². The molecule has 1 aromatic rings. The summed E-state index contributed by atoms with van der Waals surface area (Å²) in [6, 6.07) is 4.18. The summed E-state index contributed by atoms with van der Waals surface area (Å²) < 4.78 is 63.0. The average molecular weight is 703 g/mol. The lowest BCUT2D eigenvalue weighted by Gasteiger charge is -2.43. The zero-order valence-electron chi connectivity index (χ0n) is 28.9. The summed E-state index contributed by atoms with van der Waals surface area (Å²) in [5.74, 6) is -2.68. The maximum absolute atomic E-state index is 14.1. The highest BCUT2D eigenvalue weighted by Crippen LogP contribution is 2.32. The minimum absolute atomic E-state index is 0.000885. The van der Waals surface area contributed by atoms with Gasteiger partial charge in [-0.05, 0) is 45.9 Å². The molecule has 276 valence electrons. The van der Waals surface area contributed by atoms with Gasteiger partial charge in [0, 0.05) is 38.6 Å². The number of ether oxygens (including phenoxy) is 9. The Labute approximate surface area is 284 Å². The van der Waals surface area contributed by atoms with E-state index in [1.165, 1.54) is 18.2 Å². The fraction of sp³-hybridized carbons (Fsp3) is 0.656. The number of halogens is 1. The Morgan fingerprint density at radius 3 is 1.98 bits per heavy atom. The van der Waals surface area contributed by atoms with Crippen LogP contribution in [0.25, 0.3) is 0 Å². The van der Waals surface area contributed by atoms with E-state index in [2.05, 4.69) is 10.6 Å². The molecule has 0 spiro atoms. The van der Waals surface area contributed by atoms with Crippen LogP contribution >= 0.6 is 0 Å². The lowest BCUT2D eigenvalue weighted by Crippen LogP contribution is -2.62. The Kier molecular flexibility index (Phi) is 17.2. The molecule has 1 fully saturated rings. The molecule has 1 heterocycles. The fourth-order valence-electron chi connectivity index (χ4n) is 4.41. The van der Waals surface area contributed by atoms with E-state index in [4.69, 9.17) is 42.6 Å². The summed E-state index contributed by atoms with van der Waals surface area (Å²) in [5.41, 5.74) is -0.294. The molecule has 1 aromatic carbocycles. The first-order valence-electron chi connectivity index (χ1n) is 15.6. The van der Waals surface area contributed by atoms with Crippen molar-refractivity contribution in [2.75, 3.05) is 51.5 Å². The van der Waals surface area contributed by atoms with E-state index in [0.717, 1.165) is 20.8 Å². The summed E-state index contributed by atoms with van der Waals surface area (Å²) in [4.78, 5) is 59.5. The molecule has 2 N–H and O–H groups in total. The molecule has 1 aliphatic rings. The maximum Gasteiger partial charge on any atom is 0.407 e. The molecule has 17 heteroatoms. The predicted molar refractivity (Wildman–Crippen MR) is 168 cm³/mol. The van der Waals surface area contributed by atoms with Crippen molar-refractivity contribution >= 4 is 35.6 Å². The van der Waals surface area contributed by atoms with Gasteiger partial charge in [-0.25, -0.2) is 9.18 Å². The number of alkyl halides is 1. The molecule has 0 radical (unpaired) electrons. The Morgan fingerprint density at radius 1 is 0.816 bits per heavy atom. The van der Waals surface area contributed by atoms with Crippen molar-refractivity contribution in [2.24, 2.45) is 0 Å². The third kappa shape index (κ3) is 15.8. The van der Waals surface area contributed by atoms with Gasteiger partial charge in [0.05, 0.1) is 39.1 Å². The maximum atomic E-state index is 14.1. The van der Waals surface area contributed by atoms with Gasteiger partial charge in [0.15, 0.2) is 12.2 Å². The van der Waals surface area contributed by atoms with Gasteiger partial charge in [-0.15, -0.1) is 0 Å². The quantitative estimate of drug-likeness (QED) is 0.129. The average Bonchev–Trinajstić information content (AvgIpc) is 2.98. The van der Waals surface area contributed by atoms with Crippen molar-refractivity contribution in [3.8, 4) is 5.75 Å².